The first-order chi connectivity index (χ1) is 10.2. The van der Waals surface area contributed by atoms with Gasteiger partial charge >= 0.3 is 0 Å². The molecule has 0 bridgehead atoms. The number of hydrogen-bond acceptors (Lipinski definition) is 6. The van der Waals surface area contributed by atoms with Crippen molar-refractivity contribution in [2.45, 2.75) is 12.6 Å². The van der Waals surface area contributed by atoms with E-state index in [2.05, 4.69) is 10.3 Å². The van der Waals surface area contributed by atoms with Crippen LogP contribution in [-0.4, -0.2) is 20.7 Å². The number of anilines is 1. The molecule has 6 nitrogen and oxygen atoms in total. The minimum absolute atomic E-state index is 0.434. The summed E-state index contributed by atoms with van der Waals surface area (Å²) in [4.78, 5) is 22.4. The van der Waals surface area contributed by atoms with Crippen LogP contribution >= 0.6 is 17.8 Å². The summed E-state index contributed by atoms with van der Waals surface area (Å²) in [5, 5.41) is 2.76. The Morgan fingerprint density at radius 3 is 2.67 bits per heavy atom. The lowest BCUT2D eigenvalue weighted by Gasteiger charge is -2.18. The molecule has 1 aromatic heterocycles. The van der Waals surface area contributed by atoms with Crippen LogP contribution in [0, 0.1) is 0 Å². The predicted molar refractivity (Wildman–Crippen MR) is 84.6 cm³/mol. The molecule has 0 saturated heterocycles. The van der Waals surface area contributed by atoms with E-state index in [0.717, 1.165) is 5.56 Å². The van der Waals surface area contributed by atoms with Crippen LogP contribution in [0.3, 0.4) is 0 Å². The molecular formula is C13H16N2O4P2. The third-order valence-electron chi connectivity index (χ3n) is 2.59. The van der Waals surface area contributed by atoms with Crippen molar-refractivity contribution in [3.8, 4) is 5.75 Å². The fourth-order valence-electron chi connectivity index (χ4n) is 1.59. The Labute approximate surface area is 126 Å². The summed E-state index contributed by atoms with van der Waals surface area (Å²) < 4.78 is 10.5. The van der Waals surface area contributed by atoms with Crippen LogP contribution in [0.4, 0.5) is 5.82 Å². The molecule has 2 rings (SSSR count). The van der Waals surface area contributed by atoms with Crippen molar-refractivity contribution in [2.75, 3.05) is 5.32 Å². The van der Waals surface area contributed by atoms with Gasteiger partial charge < -0.3 is 24.4 Å². The smallest absolute Gasteiger partial charge is 0.218 e. The Bertz CT molecular complexity index is 557. The van der Waals surface area contributed by atoms with Gasteiger partial charge in [-0.3, -0.25) is 0 Å². The highest BCUT2D eigenvalue weighted by molar-refractivity contribution is 7.46. The lowest BCUT2D eigenvalue weighted by atomic mass is 10.2. The number of aromatic nitrogens is 1. The maximum absolute atomic E-state index is 9.16. The molecule has 2 atom stereocenters. The molecule has 2 aromatic rings. The topological polar surface area (TPSA) is 83.8 Å². The zero-order chi connectivity index (χ0) is 15.1. The van der Waals surface area contributed by atoms with Crippen LogP contribution in [0.15, 0.2) is 48.7 Å². The second-order valence-electron chi connectivity index (χ2n) is 4.10. The number of nitrogens with zero attached hydrogens (tertiary/aromatic N) is 1. The fraction of sp³-hybridized carbons (Fsp3) is 0.154. The van der Waals surface area contributed by atoms with Crippen molar-refractivity contribution < 1.29 is 19.0 Å². The van der Waals surface area contributed by atoms with Gasteiger partial charge in [0.25, 0.3) is 0 Å². The average Bonchev–Trinajstić information content (AvgIpc) is 2.52. The van der Waals surface area contributed by atoms with E-state index in [1.807, 2.05) is 39.8 Å². The fourth-order valence-corrected chi connectivity index (χ4v) is 2.34. The van der Waals surface area contributed by atoms with E-state index >= 15 is 0 Å². The molecule has 0 fully saturated rings. The van der Waals surface area contributed by atoms with Gasteiger partial charge in [-0.2, -0.15) is 0 Å². The number of hydrogen-bond donors (Lipinski definition) is 3. The van der Waals surface area contributed by atoms with E-state index in [9.17, 15) is 0 Å². The minimum Gasteiger partial charge on any atom is -0.489 e. The van der Waals surface area contributed by atoms with E-state index in [1.54, 1.807) is 18.3 Å². The zero-order valence-electron chi connectivity index (χ0n) is 11.1. The molecular weight excluding hydrogens is 310 g/mol. The normalized spacial score (nSPS) is 12.2. The molecule has 0 spiro atoms. The lowest BCUT2D eigenvalue weighted by molar-refractivity contribution is 0.304. The van der Waals surface area contributed by atoms with Gasteiger partial charge in [0.1, 0.15) is 18.2 Å². The quantitative estimate of drug-likeness (QED) is 0.535. The van der Waals surface area contributed by atoms with E-state index < -0.39 is 14.3 Å². The predicted octanol–water partition coefficient (Wildman–Crippen LogP) is 2.46. The van der Waals surface area contributed by atoms with Crippen molar-refractivity contribution in [3.05, 3.63) is 54.2 Å². The van der Waals surface area contributed by atoms with Gasteiger partial charge in [-0.15, -0.1) is 0 Å². The summed E-state index contributed by atoms with van der Waals surface area (Å²) in [5.74, 6) is 0.129. The van der Waals surface area contributed by atoms with Gasteiger partial charge in [-0.1, -0.05) is 30.3 Å². The first kappa shape index (κ1) is 16.1. The molecule has 3 N–H and O–H groups in total. The number of nitrogens with one attached hydrogen (secondary N) is 1. The Balaban J connectivity index is 1.97. The van der Waals surface area contributed by atoms with E-state index in [0.29, 0.717) is 18.2 Å². The van der Waals surface area contributed by atoms with E-state index in [4.69, 9.17) is 19.0 Å². The van der Waals surface area contributed by atoms with Crippen molar-refractivity contribution >= 4 is 23.7 Å². The maximum Gasteiger partial charge on any atom is 0.218 e. The first-order valence-corrected chi connectivity index (χ1v) is 7.89. The second kappa shape index (κ2) is 8.23. The summed E-state index contributed by atoms with van der Waals surface area (Å²) in [5.41, 5.74) is 1.06. The third-order valence-corrected chi connectivity index (χ3v) is 3.76. The van der Waals surface area contributed by atoms with Gasteiger partial charge in [0.2, 0.25) is 14.3 Å². The maximum atomic E-state index is 9.16. The summed E-state index contributed by atoms with van der Waals surface area (Å²) >= 11 is 0. The molecule has 0 amide bonds. The summed E-state index contributed by atoms with van der Waals surface area (Å²) in [6.07, 6.45) is 1.57. The van der Waals surface area contributed by atoms with Crippen LogP contribution in [0.2, 0.25) is 0 Å². The number of ether oxygens (including phenoxy) is 1. The number of rotatable bonds is 7. The Morgan fingerprint density at radius 1 is 1.24 bits per heavy atom. The van der Waals surface area contributed by atoms with Crippen molar-refractivity contribution in [1.82, 2.24) is 4.98 Å². The highest BCUT2D eigenvalue weighted by Crippen LogP contribution is 2.33. The van der Waals surface area contributed by atoms with Gasteiger partial charge in [0.05, 0.1) is 0 Å². The van der Waals surface area contributed by atoms with Crippen LogP contribution in [0.1, 0.15) is 5.56 Å². The molecule has 0 saturated carbocycles. The molecule has 21 heavy (non-hydrogen) atoms. The highest BCUT2D eigenvalue weighted by Gasteiger charge is 2.17. The van der Waals surface area contributed by atoms with Crippen LogP contribution in [0.5, 0.6) is 5.75 Å². The van der Waals surface area contributed by atoms with Crippen LogP contribution in [0.25, 0.3) is 0 Å². The zero-order valence-corrected chi connectivity index (χ0v) is 13.1. The summed E-state index contributed by atoms with van der Waals surface area (Å²) in [6.45, 7) is 0.445. The molecule has 1 heterocycles. The Kier molecular flexibility index (Phi) is 6.30. The number of pyridine rings is 1. The second-order valence-corrected chi connectivity index (χ2v) is 5.49. The third kappa shape index (κ3) is 5.20. The lowest BCUT2D eigenvalue weighted by Crippen LogP contribution is -2.18. The van der Waals surface area contributed by atoms with Gasteiger partial charge in [-0.25, -0.2) is 4.98 Å². The molecule has 2 unspecified atom stereocenters. The van der Waals surface area contributed by atoms with Crippen molar-refractivity contribution in [2.24, 2.45) is 0 Å². The van der Waals surface area contributed by atoms with Gasteiger partial charge in [0.15, 0.2) is 0 Å². The molecule has 0 aliphatic carbocycles. The summed E-state index contributed by atoms with van der Waals surface area (Å²) in [7, 11) is -0.295. The molecule has 112 valence electrons. The van der Waals surface area contributed by atoms with Crippen molar-refractivity contribution in [1.29, 1.82) is 0 Å². The average molecular weight is 326 g/mol. The molecule has 0 aliphatic heterocycles. The van der Waals surface area contributed by atoms with E-state index in [1.165, 1.54) is 0 Å². The molecule has 0 radical (unpaired) electrons. The molecule has 8 heteroatoms. The van der Waals surface area contributed by atoms with Crippen LogP contribution in [-0.2, 0) is 11.1 Å². The molecule has 0 aliphatic rings. The van der Waals surface area contributed by atoms with Crippen molar-refractivity contribution in [3.63, 3.8) is 0 Å². The first-order valence-electron chi connectivity index (χ1n) is 6.11. The Hall–Kier alpha value is -1.29. The minimum atomic E-state index is -2.28. The summed E-state index contributed by atoms with van der Waals surface area (Å²) in [6, 6.07) is 13.2. The molecule has 1 aromatic carbocycles. The largest absolute Gasteiger partial charge is 0.489 e. The van der Waals surface area contributed by atoms with E-state index in [-0.39, 0.29) is 0 Å². The Morgan fingerprint density at radius 2 is 2.00 bits per heavy atom. The van der Waals surface area contributed by atoms with Gasteiger partial charge in [-0.05, 0) is 11.6 Å². The highest BCUT2D eigenvalue weighted by atomic mass is 31.2. The standard InChI is InChI=1S/C13H16N2O4P2/c16-21(17)13(19-20)15-12-8-11(6-7-14-12)18-9-10-4-2-1-3-5-10/h1-8,13,16-17H,9,20H2,(H,14,15). The van der Waals surface area contributed by atoms with Crippen LogP contribution < -0.4 is 10.1 Å². The van der Waals surface area contributed by atoms with Gasteiger partial charge in [0, 0.05) is 21.7 Å². The number of benzene rings is 1. The SMILES string of the molecule is OP(O)C(Nc1cc(OCc2ccccc2)ccn1)OP. The monoisotopic (exact) mass is 326 g/mol.